The van der Waals surface area contributed by atoms with Crippen LogP contribution in [0.4, 0.5) is 5.13 Å². The number of hydrogen-bond donors (Lipinski definition) is 1. The minimum Gasteiger partial charge on any atom is -0.297 e. The fraction of sp³-hybridized carbons (Fsp3) is 0.143. The van der Waals surface area contributed by atoms with Crippen molar-refractivity contribution < 1.29 is 4.79 Å². The van der Waals surface area contributed by atoms with Gasteiger partial charge >= 0.3 is 0 Å². The Balaban J connectivity index is 1.80. The van der Waals surface area contributed by atoms with Gasteiger partial charge in [-0.05, 0) is 24.0 Å². The number of benzene rings is 1. The third kappa shape index (κ3) is 3.01. The first-order chi connectivity index (χ1) is 10.7. The summed E-state index contributed by atoms with van der Waals surface area (Å²) in [7, 11) is 0. The second-order valence-corrected chi connectivity index (χ2v) is 6.39. The molecule has 0 spiro atoms. The Morgan fingerprint density at radius 1 is 1.36 bits per heavy atom. The highest BCUT2D eigenvalue weighted by Crippen LogP contribution is 2.30. The number of aryl methyl sites for hydroxylation is 1. The average molecular weight is 351 g/mol. The van der Waals surface area contributed by atoms with E-state index in [-0.39, 0.29) is 5.91 Å². The zero-order valence-electron chi connectivity index (χ0n) is 11.5. The molecule has 0 atom stereocenters. The van der Waals surface area contributed by atoms with Crippen LogP contribution in [0.3, 0.4) is 0 Å². The minimum absolute atomic E-state index is 0.230. The quantitative estimate of drug-likeness (QED) is 0.768. The lowest BCUT2D eigenvalue weighted by atomic mass is 10.2. The van der Waals surface area contributed by atoms with E-state index in [4.69, 9.17) is 11.6 Å². The Hall–Kier alpha value is -1.83. The summed E-state index contributed by atoms with van der Waals surface area (Å²) in [6.45, 7) is 1.94. The van der Waals surface area contributed by atoms with E-state index in [1.165, 1.54) is 11.3 Å². The highest BCUT2D eigenvalue weighted by Gasteiger charge is 2.17. The van der Waals surface area contributed by atoms with Gasteiger partial charge in [-0.1, -0.05) is 41.2 Å². The molecule has 2 heterocycles. The predicted octanol–water partition coefficient (Wildman–Crippen LogP) is 4.13. The molecule has 0 bridgehead atoms. The molecule has 8 heteroatoms. The Morgan fingerprint density at radius 3 is 2.95 bits per heavy atom. The van der Waals surface area contributed by atoms with E-state index < -0.39 is 0 Å². The third-order valence-corrected chi connectivity index (χ3v) is 4.83. The smallest absolute Gasteiger partial charge is 0.271 e. The Kier molecular flexibility index (Phi) is 4.47. The first kappa shape index (κ1) is 15.1. The molecular formula is C14H11ClN4OS2. The van der Waals surface area contributed by atoms with E-state index in [1.807, 2.05) is 36.6 Å². The molecule has 0 aliphatic heterocycles. The number of amides is 1. The second-order valence-electron chi connectivity index (χ2n) is 4.37. The highest BCUT2D eigenvalue weighted by atomic mass is 35.5. The van der Waals surface area contributed by atoms with Crippen LogP contribution in [-0.2, 0) is 6.42 Å². The molecule has 2 aromatic heterocycles. The van der Waals surface area contributed by atoms with Crippen LogP contribution in [0.1, 0.15) is 22.3 Å². The van der Waals surface area contributed by atoms with Gasteiger partial charge < -0.3 is 0 Å². The lowest BCUT2D eigenvalue weighted by Gasteiger charge is -2.00. The molecule has 1 N–H and O–H groups in total. The lowest BCUT2D eigenvalue weighted by molar-refractivity contribution is 0.102. The summed E-state index contributed by atoms with van der Waals surface area (Å²) in [5, 5.41) is 9.74. The molecule has 0 aliphatic rings. The topological polar surface area (TPSA) is 67.8 Å². The van der Waals surface area contributed by atoms with Crippen LogP contribution in [0.25, 0.3) is 11.3 Å². The minimum atomic E-state index is -0.230. The summed E-state index contributed by atoms with van der Waals surface area (Å²) >= 11 is 8.60. The van der Waals surface area contributed by atoms with Crippen molar-refractivity contribution in [2.75, 3.05) is 5.32 Å². The fourth-order valence-corrected chi connectivity index (χ4v) is 3.47. The van der Waals surface area contributed by atoms with Crippen molar-refractivity contribution in [3.63, 3.8) is 0 Å². The molecule has 3 aromatic rings. The van der Waals surface area contributed by atoms with Gasteiger partial charge in [-0.2, -0.15) is 0 Å². The summed E-state index contributed by atoms with van der Waals surface area (Å²) in [6.07, 6.45) is 0.669. The number of nitrogens with one attached hydrogen (secondary N) is 1. The lowest BCUT2D eigenvalue weighted by Crippen LogP contribution is -2.12. The van der Waals surface area contributed by atoms with Crippen LogP contribution in [0.15, 0.2) is 29.6 Å². The normalized spacial score (nSPS) is 10.6. The number of anilines is 1. The standard InChI is InChI=1S/C14H11ClN4OS2/c1-2-10-12(22-19-18-10)13(20)17-14-16-11(7-21-14)8-5-3-4-6-9(8)15/h3-7H,2H2,1H3,(H,16,17,20). The monoisotopic (exact) mass is 350 g/mol. The largest absolute Gasteiger partial charge is 0.297 e. The van der Waals surface area contributed by atoms with E-state index in [1.54, 1.807) is 0 Å². The van der Waals surface area contributed by atoms with Gasteiger partial charge in [-0.15, -0.1) is 16.4 Å². The van der Waals surface area contributed by atoms with Crippen LogP contribution in [0.2, 0.25) is 5.02 Å². The maximum Gasteiger partial charge on any atom is 0.271 e. The van der Waals surface area contributed by atoms with Crippen molar-refractivity contribution in [1.29, 1.82) is 0 Å². The Labute approximate surface area is 140 Å². The molecule has 0 radical (unpaired) electrons. The van der Waals surface area contributed by atoms with E-state index in [0.29, 0.717) is 27.1 Å². The number of carbonyl (C=O) groups is 1. The number of hydrogen-bond acceptors (Lipinski definition) is 6. The fourth-order valence-electron chi connectivity index (χ4n) is 1.89. The van der Waals surface area contributed by atoms with Crippen molar-refractivity contribution >= 4 is 45.5 Å². The number of aromatic nitrogens is 3. The van der Waals surface area contributed by atoms with E-state index in [2.05, 4.69) is 19.9 Å². The first-order valence-electron chi connectivity index (χ1n) is 6.52. The van der Waals surface area contributed by atoms with Crippen LogP contribution in [0, 0.1) is 0 Å². The summed E-state index contributed by atoms with van der Waals surface area (Å²) in [5.74, 6) is -0.230. The number of carbonyl (C=O) groups excluding carboxylic acids is 1. The molecule has 1 aromatic carbocycles. The average Bonchev–Trinajstić information content (AvgIpc) is 3.16. The maximum absolute atomic E-state index is 12.2. The van der Waals surface area contributed by atoms with Gasteiger partial charge in [0.1, 0.15) is 4.88 Å². The maximum atomic E-state index is 12.2. The molecule has 0 aliphatic carbocycles. The molecule has 112 valence electrons. The third-order valence-electron chi connectivity index (χ3n) is 2.97. The Morgan fingerprint density at radius 2 is 2.18 bits per heavy atom. The number of rotatable bonds is 4. The summed E-state index contributed by atoms with van der Waals surface area (Å²) < 4.78 is 3.82. The SMILES string of the molecule is CCc1nnsc1C(=O)Nc1nc(-c2ccccc2Cl)cs1. The van der Waals surface area contributed by atoms with Gasteiger partial charge in [0.25, 0.3) is 5.91 Å². The van der Waals surface area contributed by atoms with Crippen molar-refractivity contribution in [1.82, 2.24) is 14.6 Å². The van der Waals surface area contributed by atoms with Gasteiger partial charge in [0.2, 0.25) is 0 Å². The van der Waals surface area contributed by atoms with E-state index in [9.17, 15) is 4.79 Å². The zero-order chi connectivity index (χ0) is 15.5. The summed E-state index contributed by atoms with van der Waals surface area (Å²) in [4.78, 5) is 17.2. The molecule has 1 amide bonds. The van der Waals surface area contributed by atoms with E-state index >= 15 is 0 Å². The molecule has 22 heavy (non-hydrogen) atoms. The molecule has 0 saturated heterocycles. The van der Waals surface area contributed by atoms with Crippen LogP contribution in [0.5, 0.6) is 0 Å². The molecule has 5 nitrogen and oxygen atoms in total. The van der Waals surface area contributed by atoms with Crippen LogP contribution < -0.4 is 5.32 Å². The number of thiazole rings is 1. The predicted molar refractivity (Wildman–Crippen MR) is 89.8 cm³/mol. The molecule has 0 fully saturated rings. The number of halogens is 1. The zero-order valence-corrected chi connectivity index (χ0v) is 13.9. The Bertz CT molecular complexity index is 815. The van der Waals surface area contributed by atoms with Crippen molar-refractivity contribution in [2.24, 2.45) is 0 Å². The van der Waals surface area contributed by atoms with Gasteiger partial charge in [-0.3, -0.25) is 10.1 Å². The number of nitrogens with zero attached hydrogens (tertiary/aromatic N) is 3. The molecule has 0 unspecified atom stereocenters. The van der Waals surface area contributed by atoms with Gasteiger partial charge in [0.15, 0.2) is 5.13 Å². The van der Waals surface area contributed by atoms with E-state index in [0.717, 1.165) is 22.8 Å². The molecule has 3 rings (SSSR count). The van der Waals surface area contributed by atoms with Gasteiger partial charge in [-0.25, -0.2) is 4.98 Å². The van der Waals surface area contributed by atoms with Crippen molar-refractivity contribution in [2.45, 2.75) is 13.3 Å². The first-order valence-corrected chi connectivity index (χ1v) is 8.55. The molecular weight excluding hydrogens is 340 g/mol. The second kappa shape index (κ2) is 6.51. The summed E-state index contributed by atoms with van der Waals surface area (Å²) in [6, 6.07) is 7.47. The summed E-state index contributed by atoms with van der Waals surface area (Å²) in [5.41, 5.74) is 2.28. The van der Waals surface area contributed by atoms with Crippen molar-refractivity contribution in [3.8, 4) is 11.3 Å². The highest BCUT2D eigenvalue weighted by molar-refractivity contribution is 7.14. The van der Waals surface area contributed by atoms with Gasteiger partial charge in [0.05, 0.1) is 11.4 Å². The van der Waals surface area contributed by atoms with Crippen LogP contribution in [-0.4, -0.2) is 20.5 Å². The van der Waals surface area contributed by atoms with Crippen LogP contribution >= 0.6 is 34.5 Å². The molecule has 0 saturated carbocycles. The van der Waals surface area contributed by atoms with Crippen molar-refractivity contribution in [3.05, 3.63) is 45.2 Å². The van der Waals surface area contributed by atoms with Gasteiger partial charge in [0, 0.05) is 16.0 Å².